The zero-order chi connectivity index (χ0) is 11.8. The maximum Gasteiger partial charge on any atom is 0.0568 e. The average molecular weight is 303 g/mol. The predicted molar refractivity (Wildman–Crippen MR) is 74.2 cm³/mol. The highest BCUT2D eigenvalue weighted by Gasteiger charge is 2.30. The summed E-state index contributed by atoms with van der Waals surface area (Å²) in [5.41, 5.74) is 1.60. The fourth-order valence-electron chi connectivity index (χ4n) is 2.38. The second-order valence-corrected chi connectivity index (χ2v) is 6.64. The van der Waals surface area contributed by atoms with Gasteiger partial charge in [-0.3, -0.25) is 0 Å². The van der Waals surface area contributed by atoms with Crippen LogP contribution < -0.4 is 5.32 Å². The van der Waals surface area contributed by atoms with Gasteiger partial charge < -0.3 is 5.32 Å². The van der Waals surface area contributed by atoms with E-state index in [2.05, 4.69) is 41.2 Å². The van der Waals surface area contributed by atoms with Gasteiger partial charge in [0.25, 0.3) is 0 Å². The third-order valence-corrected chi connectivity index (χ3v) is 4.49. The molecule has 1 aromatic carbocycles. The van der Waals surface area contributed by atoms with Gasteiger partial charge in [-0.1, -0.05) is 25.4 Å². The maximum atomic E-state index is 6.07. The molecule has 0 spiro atoms. The van der Waals surface area contributed by atoms with Crippen molar-refractivity contribution < 1.29 is 0 Å². The monoisotopic (exact) mass is 301 g/mol. The normalized spacial score (nSPS) is 23.4. The second kappa shape index (κ2) is 4.58. The van der Waals surface area contributed by atoms with Crippen LogP contribution in [0.15, 0.2) is 22.7 Å². The van der Waals surface area contributed by atoms with Gasteiger partial charge in [-0.25, -0.2) is 0 Å². The van der Waals surface area contributed by atoms with Crippen LogP contribution in [0.25, 0.3) is 0 Å². The van der Waals surface area contributed by atoms with Crippen molar-refractivity contribution >= 4 is 33.2 Å². The first-order valence-corrected chi connectivity index (χ1v) is 6.85. The molecule has 1 saturated carbocycles. The second-order valence-electron chi connectivity index (χ2n) is 5.38. The molecule has 0 aromatic heterocycles. The molecule has 1 aliphatic carbocycles. The molecule has 88 valence electrons. The van der Waals surface area contributed by atoms with Gasteiger partial charge >= 0.3 is 0 Å². The molecule has 3 heteroatoms. The average Bonchev–Trinajstić information content (AvgIpc) is 2.52. The first kappa shape index (κ1) is 12.3. The summed E-state index contributed by atoms with van der Waals surface area (Å²) in [6.07, 6.45) is 3.79. The minimum atomic E-state index is 0.483. The van der Waals surface area contributed by atoms with Gasteiger partial charge in [-0.2, -0.15) is 0 Å². The molecule has 1 fully saturated rings. The van der Waals surface area contributed by atoms with Crippen molar-refractivity contribution in [1.82, 2.24) is 0 Å². The highest BCUT2D eigenvalue weighted by Crippen LogP contribution is 2.38. The van der Waals surface area contributed by atoms with Crippen molar-refractivity contribution in [2.24, 2.45) is 5.41 Å². The maximum absolute atomic E-state index is 6.07. The Morgan fingerprint density at radius 1 is 1.44 bits per heavy atom. The predicted octanol–water partition coefficient (Wildman–Crippen LogP) is 5.09. The molecule has 1 atom stereocenters. The Morgan fingerprint density at radius 3 is 2.75 bits per heavy atom. The van der Waals surface area contributed by atoms with Gasteiger partial charge in [0.1, 0.15) is 0 Å². The quantitative estimate of drug-likeness (QED) is 0.802. The number of halogens is 2. The highest BCUT2D eigenvalue weighted by atomic mass is 79.9. The van der Waals surface area contributed by atoms with E-state index in [0.29, 0.717) is 11.5 Å². The molecule has 0 saturated heterocycles. The lowest BCUT2D eigenvalue weighted by Crippen LogP contribution is -2.17. The number of hydrogen-bond donors (Lipinski definition) is 1. The molecule has 1 N–H and O–H groups in total. The molecular weight excluding hydrogens is 286 g/mol. The van der Waals surface area contributed by atoms with E-state index in [1.54, 1.807) is 0 Å². The van der Waals surface area contributed by atoms with Crippen LogP contribution in [0, 0.1) is 5.41 Å². The topological polar surface area (TPSA) is 12.0 Å². The summed E-state index contributed by atoms with van der Waals surface area (Å²) in [4.78, 5) is 0. The summed E-state index contributed by atoms with van der Waals surface area (Å²) in [6, 6.07) is 6.63. The summed E-state index contributed by atoms with van der Waals surface area (Å²) in [6.45, 7) is 4.67. The van der Waals surface area contributed by atoms with Gasteiger partial charge in [0, 0.05) is 16.2 Å². The summed E-state index contributed by atoms with van der Waals surface area (Å²) in [7, 11) is 0. The summed E-state index contributed by atoms with van der Waals surface area (Å²) in [5.74, 6) is 0. The van der Waals surface area contributed by atoms with Gasteiger partial charge in [0.05, 0.1) is 5.02 Å². The van der Waals surface area contributed by atoms with Crippen molar-refractivity contribution in [1.29, 1.82) is 0 Å². The zero-order valence-electron chi connectivity index (χ0n) is 9.69. The van der Waals surface area contributed by atoms with Gasteiger partial charge in [0.2, 0.25) is 0 Å². The van der Waals surface area contributed by atoms with Crippen LogP contribution in [0.4, 0.5) is 5.69 Å². The van der Waals surface area contributed by atoms with Crippen LogP contribution in [0.5, 0.6) is 0 Å². The Kier molecular flexibility index (Phi) is 3.50. The van der Waals surface area contributed by atoms with E-state index in [0.717, 1.165) is 15.2 Å². The lowest BCUT2D eigenvalue weighted by Gasteiger charge is -2.18. The van der Waals surface area contributed by atoms with Gasteiger partial charge in [-0.15, -0.1) is 0 Å². The minimum Gasteiger partial charge on any atom is -0.382 e. The van der Waals surface area contributed by atoms with Crippen LogP contribution in [0.1, 0.15) is 33.1 Å². The Hall–Kier alpha value is -0.210. The molecule has 0 amide bonds. The van der Waals surface area contributed by atoms with Crippen LogP contribution in [-0.2, 0) is 0 Å². The largest absolute Gasteiger partial charge is 0.382 e. The number of hydrogen-bond acceptors (Lipinski definition) is 1. The Labute approximate surface area is 111 Å². The Balaban J connectivity index is 2.02. The van der Waals surface area contributed by atoms with Crippen LogP contribution in [0.3, 0.4) is 0 Å². The third kappa shape index (κ3) is 2.92. The number of anilines is 1. The summed E-state index contributed by atoms with van der Waals surface area (Å²) < 4.78 is 0.950. The molecule has 0 heterocycles. The molecule has 1 nitrogen and oxygen atoms in total. The molecule has 0 bridgehead atoms. The smallest absolute Gasteiger partial charge is 0.0568 e. The molecule has 0 aliphatic heterocycles. The molecule has 0 radical (unpaired) electrons. The van der Waals surface area contributed by atoms with Gasteiger partial charge in [-0.05, 0) is 58.8 Å². The van der Waals surface area contributed by atoms with Crippen molar-refractivity contribution in [3.63, 3.8) is 0 Å². The van der Waals surface area contributed by atoms with Crippen LogP contribution in [0.2, 0.25) is 5.02 Å². The van der Waals surface area contributed by atoms with Crippen molar-refractivity contribution in [2.45, 2.75) is 39.2 Å². The number of nitrogens with one attached hydrogen (secondary N) is 1. The summed E-state index contributed by atoms with van der Waals surface area (Å²) >= 11 is 9.47. The molecule has 16 heavy (non-hydrogen) atoms. The Bertz CT molecular complexity index is 390. The molecule has 1 unspecified atom stereocenters. The third-order valence-electron chi connectivity index (χ3n) is 3.26. The number of benzene rings is 1. The van der Waals surface area contributed by atoms with Crippen LogP contribution in [-0.4, -0.2) is 6.04 Å². The lowest BCUT2D eigenvalue weighted by molar-refractivity contribution is 0.378. The minimum absolute atomic E-state index is 0.483. The van der Waals surface area contributed by atoms with Gasteiger partial charge in [0.15, 0.2) is 0 Å². The molecule has 1 aliphatic rings. The Morgan fingerprint density at radius 2 is 2.19 bits per heavy atom. The fraction of sp³-hybridized carbons (Fsp3) is 0.538. The highest BCUT2D eigenvalue weighted by molar-refractivity contribution is 9.10. The molecule has 1 aromatic rings. The SMILES string of the molecule is CC1(C)CCC(Nc2ccc(Br)c(Cl)c2)C1. The van der Waals surface area contributed by atoms with Crippen molar-refractivity contribution in [3.05, 3.63) is 27.7 Å². The standard InChI is InChI=1S/C13H17BrClN/c1-13(2)6-5-10(8-13)16-9-3-4-11(14)12(15)7-9/h3-4,7,10,16H,5-6,8H2,1-2H3. The summed E-state index contributed by atoms with van der Waals surface area (Å²) in [5, 5.41) is 4.33. The fourth-order valence-corrected chi connectivity index (χ4v) is 2.81. The van der Waals surface area contributed by atoms with E-state index >= 15 is 0 Å². The van der Waals surface area contributed by atoms with E-state index in [9.17, 15) is 0 Å². The number of rotatable bonds is 2. The zero-order valence-corrected chi connectivity index (χ0v) is 12.0. The lowest BCUT2D eigenvalue weighted by atomic mass is 9.92. The van der Waals surface area contributed by atoms with E-state index in [1.807, 2.05) is 12.1 Å². The van der Waals surface area contributed by atoms with Crippen LogP contribution >= 0.6 is 27.5 Å². The first-order valence-electron chi connectivity index (χ1n) is 5.68. The first-order chi connectivity index (χ1) is 7.46. The van der Waals surface area contributed by atoms with Crippen molar-refractivity contribution in [2.75, 3.05) is 5.32 Å². The van der Waals surface area contributed by atoms with E-state index in [-0.39, 0.29) is 0 Å². The van der Waals surface area contributed by atoms with Crippen molar-refractivity contribution in [3.8, 4) is 0 Å². The van der Waals surface area contributed by atoms with E-state index in [1.165, 1.54) is 19.3 Å². The van der Waals surface area contributed by atoms with E-state index in [4.69, 9.17) is 11.6 Å². The molecular formula is C13H17BrClN. The molecule has 2 rings (SSSR count). The van der Waals surface area contributed by atoms with E-state index < -0.39 is 0 Å².